The minimum Gasteiger partial charge on any atom is -0.353 e. The van der Waals surface area contributed by atoms with Gasteiger partial charge in [-0.1, -0.05) is 11.3 Å². The van der Waals surface area contributed by atoms with Crippen molar-refractivity contribution in [1.29, 1.82) is 0 Å². The summed E-state index contributed by atoms with van der Waals surface area (Å²) < 4.78 is 14.0. The fourth-order valence-electron chi connectivity index (χ4n) is 1.66. The Morgan fingerprint density at radius 1 is 1.39 bits per heavy atom. The van der Waals surface area contributed by atoms with Crippen LogP contribution < -0.4 is 5.32 Å². The average molecular weight is 279 g/mol. The van der Waals surface area contributed by atoms with E-state index in [0.29, 0.717) is 5.52 Å². The van der Waals surface area contributed by atoms with Crippen LogP contribution in [0.25, 0.3) is 10.2 Å². The minimum atomic E-state index is -0.257. The lowest BCUT2D eigenvalue weighted by Gasteiger charge is -2.08. The SMILES string of the molecule is CC(Nc1nc2cc(F)ccc2s1)c1nccs1. The topological polar surface area (TPSA) is 37.8 Å². The molecule has 0 radical (unpaired) electrons. The van der Waals surface area contributed by atoms with E-state index in [0.717, 1.165) is 14.8 Å². The molecule has 1 aromatic carbocycles. The van der Waals surface area contributed by atoms with Crippen LogP contribution in [0, 0.1) is 5.82 Å². The van der Waals surface area contributed by atoms with Gasteiger partial charge in [-0.25, -0.2) is 14.4 Å². The molecule has 2 heterocycles. The van der Waals surface area contributed by atoms with Crippen LogP contribution in [-0.2, 0) is 0 Å². The molecule has 1 unspecified atom stereocenters. The van der Waals surface area contributed by atoms with Gasteiger partial charge in [-0.15, -0.1) is 11.3 Å². The maximum Gasteiger partial charge on any atom is 0.184 e. The van der Waals surface area contributed by atoms with Gasteiger partial charge in [0.2, 0.25) is 0 Å². The van der Waals surface area contributed by atoms with E-state index in [-0.39, 0.29) is 11.9 Å². The Balaban J connectivity index is 1.86. The predicted molar refractivity (Wildman–Crippen MR) is 73.7 cm³/mol. The summed E-state index contributed by atoms with van der Waals surface area (Å²) in [4.78, 5) is 8.62. The molecular formula is C12H10FN3S2. The van der Waals surface area contributed by atoms with Gasteiger partial charge < -0.3 is 5.32 Å². The molecule has 0 saturated carbocycles. The number of thiazole rings is 2. The fourth-order valence-corrected chi connectivity index (χ4v) is 3.24. The molecule has 1 atom stereocenters. The lowest BCUT2D eigenvalue weighted by Crippen LogP contribution is -2.05. The molecule has 2 aromatic heterocycles. The van der Waals surface area contributed by atoms with E-state index < -0.39 is 0 Å². The molecule has 0 bridgehead atoms. The van der Waals surface area contributed by atoms with E-state index in [9.17, 15) is 4.39 Å². The third-order valence-corrected chi connectivity index (χ3v) is 4.44. The molecule has 0 aliphatic rings. The van der Waals surface area contributed by atoms with Gasteiger partial charge in [0.15, 0.2) is 5.13 Å². The molecule has 3 rings (SSSR count). The van der Waals surface area contributed by atoms with Crippen LogP contribution in [0.5, 0.6) is 0 Å². The third-order valence-electron chi connectivity index (χ3n) is 2.51. The lowest BCUT2D eigenvalue weighted by molar-refractivity contribution is 0.629. The molecule has 0 spiro atoms. The zero-order valence-electron chi connectivity index (χ0n) is 9.55. The molecule has 0 aliphatic heterocycles. The Morgan fingerprint density at radius 3 is 3.06 bits per heavy atom. The first-order chi connectivity index (χ1) is 8.72. The molecule has 3 nitrogen and oxygen atoms in total. The van der Waals surface area contributed by atoms with Crippen molar-refractivity contribution in [3.63, 3.8) is 0 Å². The van der Waals surface area contributed by atoms with Crippen LogP contribution in [0.3, 0.4) is 0 Å². The number of halogens is 1. The molecule has 92 valence electrons. The Kier molecular flexibility index (Phi) is 2.97. The van der Waals surface area contributed by atoms with Gasteiger partial charge in [-0.2, -0.15) is 0 Å². The first-order valence-electron chi connectivity index (χ1n) is 5.44. The number of nitrogens with one attached hydrogen (secondary N) is 1. The van der Waals surface area contributed by atoms with Crippen LogP contribution in [-0.4, -0.2) is 9.97 Å². The van der Waals surface area contributed by atoms with Gasteiger partial charge in [-0.3, -0.25) is 0 Å². The van der Waals surface area contributed by atoms with Crippen LogP contribution in [0.4, 0.5) is 9.52 Å². The van der Waals surface area contributed by atoms with Crippen molar-refractivity contribution < 1.29 is 4.39 Å². The van der Waals surface area contributed by atoms with Gasteiger partial charge in [-0.05, 0) is 19.1 Å². The third kappa shape index (κ3) is 2.21. The Labute approximate surface area is 111 Å². The fraction of sp³-hybridized carbons (Fsp3) is 0.167. The summed E-state index contributed by atoms with van der Waals surface area (Å²) in [7, 11) is 0. The average Bonchev–Trinajstić information content (AvgIpc) is 2.95. The Bertz CT molecular complexity index is 663. The Morgan fingerprint density at radius 2 is 2.28 bits per heavy atom. The van der Waals surface area contributed by atoms with Crippen LogP contribution >= 0.6 is 22.7 Å². The molecular weight excluding hydrogens is 269 g/mol. The van der Waals surface area contributed by atoms with Crippen LogP contribution in [0.2, 0.25) is 0 Å². The van der Waals surface area contributed by atoms with E-state index in [1.807, 2.05) is 12.3 Å². The van der Waals surface area contributed by atoms with Gasteiger partial charge in [0.1, 0.15) is 10.8 Å². The van der Waals surface area contributed by atoms with Gasteiger partial charge in [0.25, 0.3) is 0 Å². The number of hydrogen-bond acceptors (Lipinski definition) is 5. The smallest absolute Gasteiger partial charge is 0.184 e. The van der Waals surface area contributed by atoms with Crippen molar-refractivity contribution in [2.24, 2.45) is 0 Å². The molecule has 0 amide bonds. The highest BCUT2D eigenvalue weighted by molar-refractivity contribution is 7.22. The molecule has 0 fully saturated rings. The van der Waals surface area contributed by atoms with Crippen LogP contribution in [0.15, 0.2) is 29.8 Å². The summed E-state index contributed by atoms with van der Waals surface area (Å²) in [5.41, 5.74) is 0.689. The molecule has 3 aromatic rings. The number of anilines is 1. The molecule has 0 aliphatic carbocycles. The van der Waals surface area contributed by atoms with Gasteiger partial charge >= 0.3 is 0 Å². The quantitative estimate of drug-likeness (QED) is 0.785. The van der Waals surface area contributed by atoms with E-state index >= 15 is 0 Å². The number of aromatic nitrogens is 2. The van der Waals surface area contributed by atoms with Crippen molar-refractivity contribution in [3.05, 3.63) is 40.6 Å². The highest BCUT2D eigenvalue weighted by Gasteiger charge is 2.11. The van der Waals surface area contributed by atoms with Crippen molar-refractivity contribution in [2.45, 2.75) is 13.0 Å². The molecule has 1 N–H and O–H groups in total. The predicted octanol–water partition coefficient (Wildman–Crippen LogP) is 4.07. The van der Waals surface area contributed by atoms with E-state index in [1.54, 1.807) is 23.6 Å². The standard InChI is InChI=1S/C12H10FN3S2/c1-7(11-14-4-5-17-11)15-12-16-9-6-8(13)2-3-10(9)18-12/h2-7H,1H3,(H,15,16). The zero-order chi connectivity index (χ0) is 12.5. The number of fused-ring (bicyclic) bond motifs is 1. The Hall–Kier alpha value is -1.53. The minimum absolute atomic E-state index is 0.107. The van der Waals surface area contributed by atoms with Crippen molar-refractivity contribution >= 4 is 38.0 Å². The van der Waals surface area contributed by atoms with Crippen LogP contribution in [0.1, 0.15) is 18.0 Å². The van der Waals surface area contributed by atoms with Crippen molar-refractivity contribution in [3.8, 4) is 0 Å². The van der Waals surface area contributed by atoms with Gasteiger partial charge in [0.05, 0.1) is 16.3 Å². The van der Waals surface area contributed by atoms with E-state index in [1.165, 1.54) is 23.5 Å². The van der Waals surface area contributed by atoms with Gasteiger partial charge in [0, 0.05) is 17.6 Å². The van der Waals surface area contributed by atoms with E-state index in [4.69, 9.17) is 0 Å². The first kappa shape index (κ1) is 11.6. The number of hydrogen-bond donors (Lipinski definition) is 1. The second-order valence-corrected chi connectivity index (χ2v) is 5.82. The molecule has 18 heavy (non-hydrogen) atoms. The summed E-state index contributed by atoms with van der Waals surface area (Å²) in [6.45, 7) is 2.03. The summed E-state index contributed by atoms with van der Waals surface area (Å²) >= 11 is 3.12. The largest absolute Gasteiger partial charge is 0.353 e. The second-order valence-electron chi connectivity index (χ2n) is 3.87. The maximum atomic E-state index is 13.1. The first-order valence-corrected chi connectivity index (χ1v) is 7.14. The summed E-state index contributed by atoms with van der Waals surface area (Å²) in [5.74, 6) is -0.257. The highest BCUT2D eigenvalue weighted by Crippen LogP contribution is 2.29. The summed E-state index contributed by atoms with van der Waals surface area (Å²) in [6, 6.07) is 4.76. The normalized spacial score (nSPS) is 12.8. The van der Waals surface area contributed by atoms with Crippen molar-refractivity contribution in [2.75, 3.05) is 5.32 Å². The number of benzene rings is 1. The number of nitrogens with zero attached hydrogens (tertiary/aromatic N) is 2. The van der Waals surface area contributed by atoms with E-state index in [2.05, 4.69) is 15.3 Å². The molecule has 0 saturated heterocycles. The maximum absolute atomic E-state index is 13.1. The van der Waals surface area contributed by atoms with Crippen molar-refractivity contribution in [1.82, 2.24) is 9.97 Å². The number of rotatable bonds is 3. The molecule has 6 heteroatoms. The second kappa shape index (κ2) is 4.62. The highest BCUT2D eigenvalue weighted by atomic mass is 32.1. The summed E-state index contributed by atoms with van der Waals surface area (Å²) in [6.07, 6.45) is 1.78. The zero-order valence-corrected chi connectivity index (χ0v) is 11.2. The summed E-state index contributed by atoms with van der Waals surface area (Å²) in [5, 5.41) is 7.04. The monoisotopic (exact) mass is 279 g/mol. The lowest BCUT2D eigenvalue weighted by atomic mass is 10.3.